The zero-order chi connectivity index (χ0) is 19.0. The second-order valence-corrected chi connectivity index (χ2v) is 9.37. The molecule has 4 aliphatic rings. The Morgan fingerprint density at radius 2 is 1.78 bits per heavy atom. The van der Waals surface area contributed by atoms with Gasteiger partial charge in [-0.3, -0.25) is 4.79 Å². The Labute approximate surface area is 163 Å². The average Bonchev–Trinajstić information content (AvgIpc) is 3.38. The Hall–Kier alpha value is -1.30. The van der Waals surface area contributed by atoms with Crippen molar-refractivity contribution in [1.82, 2.24) is 15.1 Å². The van der Waals surface area contributed by atoms with Crippen molar-refractivity contribution < 1.29 is 14.3 Å². The van der Waals surface area contributed by atoms with Crippen molar-refractivity contribution in [3.05, 3.63) is 0 Å². The molecule has 2 aliphatic heterocycles. The van der Waals surface area contributed by atoms with E-state index in [9.17, 15) is 9.59 Å². The van der Waals surface area contributed by atoms with Crippen LogP contribution in [0.1, 0.15) is 71.6 Å². The van der Waals surface area contributed by atoms with Gasteiger partial charge in [-0.1, -0.05) is 6.42 Å². The minimum Gasteiger partial charge on any atom is -0.375 e. The lowest BCUT2D eigenvalue weighted by molar-refractivity contribution is -0.152. The van der Waals surface area contributed by atoms with Crippen molar-refractivity contribution in [3.63, 3.8) is 0 Å². The molecule has 0 bridgehead atoms. The van der Waals surface area contributed by atoms with Crippen LogP contribution in [0.2, 0.25) is 0 Å². The molecule has 27 heavy (non-hydrogen) atoms. The minimum absolute atomic E-state index is 0.0900. The number of nitrogens with one attached hydrogen (secondary N) is 1. The highest BCUT2D eigenvalue weighted by atomic mass is 16.5. The lowest BCUT2D eigenvalue weighted by Crippen LogP contribution is -2.58. The molecule has 1 N–H and O–H groups in total. The van der Waals surface area contributed by atoms with Crippen molar-refractivity contribution in [1.29, 1.82) is 0 Å². The van der Waals surface area contributed by atoms with Gasteiger partial charge in [0, 0.05) is 43.7 Å². The topological polar surface area (TPSA) is 61.9 Å². The van der Waals surface area contributed by atoms with E-state index in [4.69, 9.17) is 4.74 Å². The first-order valence-corrected chi connectivity index (χ1v) is 11.0. The van der Waals surface area contributed by atoms with E-state index in [1.807, 2.05) is 13.8 Å². The van der Waals surface area contributed by atoms with Crippen LogP contribution in [0.5, 0.6) is 0 Å². The Morgan fingerprint density at radius 1 is 1.07 bits per heavy atom. The fourth-order valence-electron chi connectivity index (χ4n) is 4.94. The number of rotatable bonds is 4. The maximum atomic E-state index is 12.8. The average molecular weight is 378 g/mol. The number of likely N-dealkylation sites (tertiary alicyclic amines) is 1. The summed E-state index contributed by atoms with van der Waals surface area (Å²) in [4.78, 5) is 29.5. The van der Waals surface area contributed by atoms with E-state index in [0.717, 1.165) is 71.1 Å². The molecule has 2 heterocycles. The van der Waals surface area contributed by atoms with E-state index in [0.29, 0.717) is 11.9 Å². The molecule has 1 unspecified atom stereocenters. The van der Waals surface area contributed by atoms with Gasteiger partial charge in [-0.05, 0) is 65.2 Å². The summed E-state index contributed by atoms with van der Waals surface area (Å²) >= 11 is 0. The summed E-state index contributed by atoms with van der Waals surface area (Å²) in [6.45, 7) is 6.37. The van der Waals surface area contributed by atoms with Crippen LogP contribution in [0, 0.1) is 5.92 Å². The molecule has 0 radical (unpaired) electrons. The third-order valence-electron chi connectivity index (χ3n) is 6.89. The Morgan fingerprint density at radius 3 is 2.33 bits per heavy atom. The molecule has 1 atom stereocenters. The maximum absolute atomic E-state index is 12.8. The van der Waals surface area contributed by atoms with E-state index < -0.39 is 0 Å². The van der Waals surface area contributed by atoms with E-state index in [2.05, 4.69) is 15.1 Å². The largest absolute Gasteiger partial charge is 0.375 e. The molecule has 0 aromatic heterocycles. The molecule has 152 valence electrons. The van der Waals surface area contributed by atoms with Gasteiger partial charge in [-0.2, -0.15) is 0 Å². The molecule has 2 aliphatic carbocycles. The van der Waals surface area contributed by atoms with Crippen molar-refractivity contribution in [3.8, 4) is 0 Å². The SMILES string of the molecule is CC(C)NC(=O)N(C1CC1)C1CCOC2(CCN(C(=O)C3CCC3)CC2)C1. The number of ether oxygens (including phenoxy) is 1. The van der Waals surface area contributed by atoms with Gasteiger partial charge in [0.05, 0.1) is 5.60 Å². The second-order valence-electron chi connectivity index (χ2n) is 9.37. The summed E-state index contributed by atoms with van der Waals surface area (Å²) in [6.07, 6.45) is 9.25. The Balaban J connectivity index is 1.37. The number of nitrogens with zero attached hydrogens (tertiary/aromatic N) is 2. The van der Waals surface area contributed by atoms with Crippen molar-refractivity contribution in [2.75, 3.05) is 19.7 Å². The molecule has 6 nitrogen and oxygen atoms in total. The van der Waals surface area contributed by atoms with Crippen LogP contribution < -0.4 is 5.32 Å². The molecule has 4 rings (SSSR count). The van der Waals surface area contributed by atoms with Crippen molar-refractivity contribution in [2.45, 2.75) is 95.4 Å². The third-order valence-corrected chi connectivity index (χ3v) is 6.89. The van der Waals surface area contributed by atoms with Crippen LogP contribution >= 0.6 is 0 Å². The van der Waals surface area contributed by atoms with Gasteiger partial charge in [0.15, 0.2) is 0 Å². The normalized spacial score (nSPS) is 28.1. The molecule has 4 fully saturated rings. The van der Waals surface area contributed by atoms with Gasteiger partial charge < -0.3 is 19.9 Å². The molecule has 6 heteroatoms. The highest BCUT2D eigenvalue weighted by molar-refractivity contribution is 5.79. The van der Waals surface area contributed by atoms with Gasteiger partial charge in [0.2, 0.25) is 5.91 Å². The number of carbonyl (C=O) groups excluding carboxylic acids is 2. The summed E-state index contributed by atoms with van der Waals surface area (Å²) in [5.41, 5.74) is -0.148. The number of hydrogen-bond acceptors (Lipinski definition) is 3. The smallest absolute Gasteiger partial charge is 0.318 e. The molecule has 3 amide bonds. The molecule has 0 aromatic carbocycles. The van der Waals surface area contributed by atoms with Crippen LogP contribution in [0.15, 0.2) is 0 Å². The van der Waals surface area contributed by atoms with E-state index in [-0.39, 0.29) is 29.6 Å². The van der Waals surface area contributed by atoms with E-state index in [1.165, 1.54) is 6.42 Å². The molecule has 0 aromatic rings. The molecule has 2 saturated heterocycles. The fraction of sp³-hybridized carbons (Fsp3) is 0.905. The zero-order valence-electron chi connectivity index (χ0n) is 16.9. The second kappa shape index (κ2) is 7.61. The predicted octanol–water partition coefficient (Wildman–Crippen LogP) is 2.91. The van der Waals surface area contributed by atoms with Crippen LogP contribution in [0.4, 0.5) is 4.79 Å². The number of piperidine rings is 1. The van der Waals surface area contributed by atoms with Crippen molar-refractivity contribution >= 4 is 11.9 Å². The highest BCUT2D eigenvalue weighted by Gasteiger charge is 2.47. The Kier molecular flexibility index (Phi) is 5.36. The summed E-state index contributed by atoms with van der Waals surface area (Å²) < 4.78 is 6.28. The quantitative estimate of drug-likeness (QED) is 0.819. The number of carbonyl (C=O) groups is 2. The van der Waals surface area contributed by atoms with E-state index >= 15 is 0 Å². The molecule has 1 spiro atoms. The highest BCUT2D eigenvalue weighted by Crippen LogP contribution is 2.40. The monoisotopic (exact) mass is 377 g/mol. The first-order valence-electron chi connectivity index (χ1n) is 11.0. The number of hydrogen-bond donors (Lipinski definition) is 1. The van der Waals surface area contributed by atoms with Gasteiger partial charge >= 0.3 is 6.03 Å². The Bertz CT molecular complexity index is 563. The van der Waals surface area contributed by atoms with E-state index in [1.54, 1.807) is 0 Å². The summed E-state index contributed by atoms with van der Waals surface area (Å²) in [5.74, 6) is 0.642. The first-order chi connectivity index (χ1) is 13.0. The predicted molar refractivity (Wildman–Crippen MR) is 103 cm³/mol. The lowest BCUT2D eigenvalue weighted by Gasteiger charge is -2.49. The summed E-state index contributed by atoms with van der Waals surface area (Å²) in [6, 6.07) is 0.920. The minimum atomic E-state index is -0.148. The van der Waals surface area contributed by atoms with Gasteiger partial charge in [0.25, 0.3) is 0 Å². The van der Waals surface area contributed by atoms with Gasteiger partial charge in [-0.15, -0.1) is 0 Å². The number of amides is 3. The van der Waals surface area contributed by atoms with Crippen molar-refractivity contribution in [2.24, 2.45) is 5.92 Å². The van der Waals surface area contributed by atoms with Gasteiger partial charge in [0.1, 0.15) is 0 Å². The molecular weight excluding hydrogens is 342 g/mol. The van der Waals surface area contributed by atoms with Crippen LogP contribution in [-0.4, -0.2) is 65.2 Å². The van der Waals surface area contributed by atoms with Crippen LogP contribution in [-0.2, 0) is 9.53 Å². The third kappa shape index (κ3) is 4.10. The maximum Gasteiger partial charge on any atom is 0.318 e. The zero-order valence-corrected chi connectivity index (χ0v) is 16.9. The molecular formula is C21H35N3O3. The standard InChI is InChI=1S/C21H35N3O3/c1-15(2)22-20(26)24(17-6-7-17)18-8-13-27-21(14-18)9-11-23(12-10-21)19(25)16-4-3-5-16/h15-18H,3-14H2,1-2H3,(H,22,26). The van der Waals surface area contributed by atoms with Crippen LogP contribution in [0.25, 0.3) is 0 Å². The summed E-state index contributed by atoms with van der Waals surface area (Å²) in [5, 5.41) is 3.09. The van der Waals surface area contributed by atoms with Gasteiger partial charge in [-0.25, -0.2) is 4.79 Å². The first kappa shape index (κ1) is 19.0. The lowest BCUT2D eigenvalue weighted by atomic mass is 9.80. The molecule has 2 saturated carbocycles. The number of urea groups is 1. The van der Waals surface area contributed by atoms with Crippen LogP contribution in [0.3, 0.4) is 0 Å². The summed E-state index contributed by atoms with van der Waals surface area (Å²) in [7, 11) is 0. The fourth-order valence-corrected chi connectivity index (χ4v) is 4.94.